The fourth-order valence-electron chi connectivity index (χ4n) is 3.49. The summed E-state index contributed by atoms with van der Waals surface area (Å²) in [7, 11) is 1.29. The third-order valence-electron chi connectivity index (χ3n) is 4.95. The van der Waals surface area contributed by atoms with Crippen molar-refractivity contribution in [1.82, 2.24) is 10.2 Å². The van der Waals surface area contributed by atoms with Crippen LogP contribution >= 0.6 is 0 Å². The Kier molecular flexibility index (Phi) is 6.51. The van der Waals surface area contributed by atoms with E-state index in [1.807, 2.05) is 30.3 Å². The lowest BCUT2D eigenvalue weighted by atomic mass is 9.91. The molecule has 0 saturated heterocycles. The number of carbonyl (C=O) groups excluding carboxylic acids is 3. The van der Waals surface area contributed by atoms with E-state index in [0.29, 0.717) is 17.8 Å². The molecule has 0 radical (unpaired) electrons. The Labute approximate surface area is 175 Å². The van der Waals surface area contributed by atoms with Gasteiger partial charge in [0.1, 0.15) is 0 Å². The molecule has 0 saturated carbocycles. The zero-order chi connectivity index (χ0) is 21.7. The van der Waals surface area contributed by atoms with E-state index in [2.05, 4.69) is 5.32 Å². The van der Waals surface area contributed by atoms with Crippen molar-refractivity contribution >= 4 is 18.0 Å². The molecule has 7 nitrogen and oxygen atoms in total. The van der Waals surface area contributed by atoms with Gasteiger partial charge in [0.05, 0.1) is 37.4 Å². The largest absolute Gasteiger partial charge is 0.465 e. The molecule has 1 aliphatic heterocycles. The van der Waals surface area contributed by atoms with Gasteiger partial charge in [0, 0.05) is 5.70 Å². The van der Waals surface area contributed by atoms with Crippen molar-refractivity contribution in [3.8, 4) is 0 Å². The lowest BCUT2D eigenvalue weighted by Crippen LogP contribution is -2.48. The van der Waals surface area contributed by atoms with Crippen LogP contribution in [0.2, 0.25) is 0 Å². The van der Waals surface area contributed by atoms with Crippen LogP contribution in [-0.4, -0.2) is 36.6 Å². The highest BCUT2D eigenvalue weighted by molar-refractivity contribution is 5.97. The normalized spacial score (nSPS) is 16.2. The van der Waals surface area contributed by atoms with E-state index in [9.17, 15) is 14.4 Å². The molecule has 0 aliphatic carbocycles. The predicted molar refractivity (Wildman–Crippen MR) is 110 cm³/mol. The van der Waals surface area contributed by atoms with Gasteiger partial charge < -0.3 is 14.8 Å². The first-order chi connectivity index (χ1) is 14.5. The van der Waals surface area contributed by atoms with E-state index in [-0.39, 0.29) is 23.8 Å². The number of carbonyl (C=O) groups is 3. The molecule has 7 heteroatoms. The van der Waals surface area contributed by atoms with Gasteiger partial charge in [-0.25, -0.2) is 14.4 Å². The topological polar surface area (TPSA) is 84.9 Å². The van der Waals surface area contributed by atoms with Gasteiger partial charge in [0.15, 0.2) is 0 Å². The first kappa shape index (κ1) is 21.1. The number of methoxy groups -OCH3 is 1. The van der Waals surface area contributed by atoms with Crippen LogP contribution in [0.25, 0.3) is 0 Å². The van der Waals surface area contributed by atoms with Gasteiger partial charge in [-0.2, -0.15) is 0 Å². The molecular weight excluding hydrogens is 384 g/mol. The Balaban J connectivity index is 2.10. The molecule has 0 bridgehead atoms. The van der Waals surface area contributed by atoms with Gasteiger partial charge >= 0.3 is 18.0 Å². The van der Waals surface area contributed by atoms with Gasteiger partial charge in [-0.15, -0.1) is 0 Å². The molecule has 2 aromatic carbocycles. The SMILES string of the molecule is CCOC(=O)C1=C(C)N(Cc2ccccc2)C(=O)NC1c1ccccc1C(=O)OC. The number of hydrogen-bond donors (Lipinski definition) is 1. The van der Waals surface area contributed by atoms with Crippen LogP contribution in [0.3, 0.4) is 0 Å². The summed E-state index contributed by atoms with van der Waals surface area (Å²) in [4.78, 5) is 39.6. The highest BCUT2D eigenvalue weighted by atomic mass is 16.5. The number of nitrogens with one attached hydrogen (secondary N) is 1. The van der Waals surface area contributed by atoms with Crippen molar-refractivity contribution in [2.24, 2.45) is 0 Å². The number of hydrogen-bond acceptors (Lipinski definition) is 5. The first-order valence-electron chi connectivity index (χ1n) is 9.65. The molecule has 30 heavy (non-hydrogen) atoms. The minimum atomic E-state index is -0.834. The lowest BCUT2D eigenvalue weighted by molar-refractivity contribution is -0.139. The fourth-order valence-corrected chi connectivity index (χ4v) is 3.49. The Hall–Kier alpha value is -3.61. The molecule has 0 spiro atoms. The van der Waals surface area contributed by atoms with Crippen molar-refractivity contribution in [1.29, 1.82) is 0 Å². The van der Waals surface area contributed by atoms with Crippen molar-refractivity contribution < 1.29 is 23.9 Å². The Bertz CT molecular complexity index is 984. The van der Waals surface area contributed by atoms with E-state index < -0.39 is 18.0 Å². The summed E-state index contributed by atoms with van der Waals surface area (Å²) in [6.07, 6.45) is 0. The van der Waals surface area contributed by atoms with Crippen LogP contribution in [0, 0.1) is 0 Å². The second-order valence-corrected chi connectivity index (χ2v) is 6.75. The summed E-state index contributed by atoms with van der Waals surface area (Å²) < 4.78 is 10.1. The maximum atomic E-state index is 13.0. The number of nitrogens with zero attached hydrogens (tertiary/aromatic N) is 1. The second kappa shape index (κ2) is 9.26. The van der Waals surface area contributed by atoms with Gasteiger partial charge in [-0.3, -0.25) is 4.90 Å². The molecular formula is C23H24N2O5. The third-order valence-corrected chi connectivity index (χ3v) is 4.95. The molecule has 156 valence electrons. The first-order valence-corrected chi connectivity index (χ1v) is 9.65. The molecule has 3 rings (SSSR count). The molecule has 1 atom stereocenters. The highest BCUT2D eigenvalue weighted by Gasteiger charge is 2.38. The zero-order valence-corrected chi connectivity index (χ0v) is 17.2. The van der Waals surface area contributed by atoms with Crippen LogP contribution in [-0.2, 0) is 20.8 Å². The molecule has 0 aromatic heterocycles. The summed E-state index contributed by atoms with van der Waals surface area (Å²) in [5.41, 5.74) is 2.42. The van der Waals surface area contributed by atoms with Crippen molar-refractivity contribution in [2.75, 3.05) is 13.7 Å². The Morgan fingerprint density at radius 2 is 1.70 bits per heavy atom. The molecule has 1 heterocycles. The quantitative estimate of drug-likeness (QED) is 0.739. The predicted octanol–water partition coefficient (Wildman–Crippen LogP) is 3.58. The number of urea groups is 1. The minimum absolute atomic E-state index is 0.188. The zero-order valence-electron chi connectivity index (χ0n) is 17.2. The smallest absolute Gasteiger partial charge is 0.338 e. The Morgan fingerprint density at radius 1 is 1.03 bits per heavy atom. The standard InChI is InChI=1S/C23H24N2O5/c1-4-30-22(27)19-15(2)25(14-16-10-6-5-7-11-16)23(28)24-20(19)17-12-8-9-13-18(17)21(26)29-3/h5-13,20H,4,14H2,1-3H3,(H,24,28). The number of esters is 2. The van der Waals surface area contributed by atoms with Gasteiger partial charge in [0.2, 0.25) is 0 Å². The fraction of sp³-hybridized carbons (Fsp3) is 0.261. The van der Waals surface area contributed by atoms with E-state index in [1.165, 1.54) is 12.0 Å². The number of allylic oxidation sites excluding steroid dienone is 1. The monoisotopic (exact) mass is 408 g/mol. The van der Waals surface area contributed by atoms with Gasteiger partial charge in [-0.1, -0.05) is 48.5 Å². The number of rotatable bonds is 6. The van der Waals surface area contributed by atoms with Crippen LogP contribution < -0.4 is 5.32 Å². The summed E-state index contributed by atoms with van der Waals surface area (Å²) in [5.74, 6) is -1.09. The lowest BCUT2D eigenvalue weighted by Gasteiger charge is -2.36. The minimum Gasteiger partial charge on any atom is -0.465 e. The van der Waals surface area contributed by atoms with E-state index in [1.54, 1.807) is 38.1 Å². The maximum Gasteiger partial charge on any atom is 0.338 e. The molecule has 1 N–H and O–H groups in total. The van der Waals surface area contributed by atoms with Crippen LogP contribution in [0.4, 0.5) is 4.79 Å². The highest BCUT2D eigenvalue weighted by Crippen LogP contribution is 2.34. The molecule has 2 amide bonds. The van der Waals surface area contributed by atoms with Crippen LogP contribution in [0.15, 0.2) is 65.9 Å². The van der Waals surface area contributed by atoms with Gasteiger partial charge in [-0.05, 0) is 31.0 Å². The number of amides is 2. The van der Waals surface area contributed by atoms with Crippen molar-refractivity contribution in [3.05, 3.63) is 82.6 Å². The van der Waals surface area contributed by atoms with Crippen molar-refractivity contribution in [2.45, 2.75) is 26.4 Å². The average molecular weight is 408 g/mol. The molecule has 1 unspecified atom stereocenters. The maximum absolute atomic E-state index is 13.0. The molecule has 1 aliphatic rings. The Morgan fingerprint density at radius 3 is 2.37 bits per heavy atom. The van der Waals surface area contributed by atoms with Crippen LogP contribution in [0.1, 0.15) is 41.4 Å². The van der Waals surface area contributed by atoms with E-state index in [0.717, 1.165) is 5.56 Å². The summed E-state index contributed by atoms with van der Waals surface area (Å²) >= 11 is 0. The van der Waals surface area contributed by atoms with Crippen molar-refractivity contribution in [3.63, 3.8) is 0 Å². The summed E-state index contributed by atoms with van der Waals surface area (Å²) in [5, 5.41) is 2.86. The number of ether oxygens (including phenoxy) is 2. The molecule has 0 fully saturated rings. The average Bonchev–Trinajstić information content (AvgIpc) is 2.76. The molecule has 2 aromatic rings. The summed E-state index contributed by atoms with van der Waals surface area (Å²) in [6, 6.07) is 15.0. The number of benzene rings is 2. The third kappa shape index (κ3) is 4.20. The second-order valence-electron chi connectivity index (χ2n) is 6.75. The van der Waals surface area contributed by atoms with Gasteiger partial charge in [0.25, 0.3) is 0 Å². The van der Waals surface area contributed by atoms with Crippen LogP contribution in [0.5, 0.6) is 0 Å². The summed E-state index contributed by atoms with van der Waals surface area (Å²) in [6.45, 7) is 3.91. The van der Waals surface area contributed by atoms with E-state index in [4.69, 9.17) is 9.47 Å². The van der Waals surface area contributed by atoms with E-state index >= 15 is 0 Å².